The van der Waals surface area contributed by atoms with Crippen LogP contribution in [0.4, 0.5) is 0 Å². The molecule has 3 aromatic heterocycles. The Bertz CT molecular complexity index is 986. The molecule has 0 spiro atoms. The Morgan fingerprint density at radius 1 is 1.26 bits per heavy atom. The number of H-pyrrole nitrogens is 1. The van der Waals surface area contributed by atoms with E-state index in [1.165, 1.54) is 12.3 Å². The molecule has 1 N–H and O–H groups in total. The Hall–Kier alpha value is -2.87. The first-order valence-electron chi connectivity index (χ1n) is 8.83. The molecular weight excluding hydrogens is 362 g/mol. The van der Waals surface area contributed by atoms with Crippen LogP contribution in [0.1, 0.15) is 39.8 Å². The number of piperidine rings is 1. The number of thiazole rings is 1. The minimum absolute atomic E-state index is 0.0401. The predicted octanol–water partition coefficient (Wildman–Crippen LogP) is 2.62. The van der Waals surface area contributed by atoms with Crippen LogP contribution in [-0.2, 0) is 0 Å². The summed E-state index contributed by atoms with van der Waals surface area (Å²) in [4.78, 5) is 42.3. The van der Waals surface area contributed by atoms with Crippen LogP contribution < -0.4 is 5.56 Å². The lowest BCUT2D eigenvalue weighted by Gasteiger charge is -2.31. The Morgan fingerprint density at radius 3 is 2.74 bits per heavy atom. The van der Waals surface area contributed by atoms with Crippen LogP contribution in [0.5, 0.6) is 0 Å². The first-order chi connectivity index (χ1) is 13.1. The molecule has 1 amide bonds. The zero-order valence-corrected chi connectivity index (χ0v) is 15.7. The fourth-order valence-electron chi connectivity index (χ4n) is 3.31. The fraction of sp³-hybridized carbons (Fsp3) is 0.316. The van der Waals surface area contributed by atoms with Crippen molar-refractivity contribution in [3.8, 4) is 10.6 Å². The number of carbonyl (C=O) groups is 1. The van der Waals surface area contributed by atoms with E-state index in [0.29, 0.717) is 24.6 Å². The number of aromatic nitrogens is 4. The van der Waals surface area contributed by atoms with Crippen molar-refractivity contribution >= 4 is 17.2 Å². The van der Waals surface area contributed by atoms with Crippen molar-refractivity contribution in [2.75, 3.05) is 13.1 Å². The molecule has 1 aliphatic heterocycles. The third-order valence-electron chi connectivity index (χ3n) is 4.79. The smallest absolute Gasteiger partial charge is 0.255 e. The normalized spacial score (nSPS) is 15.1. The van der Waals surface area contributed by atoms with Crippen molar-refractivity contribution in [3.63, 3.8) is 0 Å². The van der Waals surface area contributed by atoms with Gasteiger partial charge in [0.25, 0.3) is 5.91 Å². The van der Waals surface area contributed by atoms with Gasteiger partial charge in [-0.1, -0.05) is 0 Å². The molecule has 0 bridgehead atoms. The highest BCUT2D eigenvalue weighted by atomic mass is 32.1. The minimum atomic E-state index is -0.205. The first-order valence-corrected chi connectivity index (χ1v) is 9.65. The third kappa shape index (κ3) is 3.66. The molecule has 1 fully saturated rings. The quantitative estimate of drug-likeness (QED) is 0.753. The molecule has 0 aromatic carbocycles. The van der Waals surface area contributed by atoms with Gasteiger partial charge >= 0.3 is 0 Å². The number of pyridine rings is 1. The maximum Gasteiger partial charge on any atom is 0.255 e. The maximum absolute atomic E-state index is 12.6. The van der Waals surface area contributed by atoms with Crippen LogP contribution in [0.2, 0.25) is 0 Å². The number of hydrogen-bond donors (Lipinski definition) is 1. The van der Waals surface area contributed by atoms with E-state index < -0.39 is 0 Å². The molecule has 1 saturated heterocycles. The Kier molecular flexibility index (Phi) is 4.81. The second kappa shape index (κ2) is 7.40. The standard InChI is InChI=1S/C19H19N5O2S/c1-12-17(15-4-7-20-11-22-15)27-18(23-12)13-5-8-24(9-6-13)19(26)14-2-3-16(25)21-10-14/h2-4,7,10-11,13H,5-6,8-9H2,1H3,(H,21,25). The predicted molar refractivity (Wildman–Crippen MR) is 103 cm³/mol. The van der Waals surface area contributed by atoms with Crippen molar-refractivity contribution < 1.29 is 4.79 Å². The summed E-state index contributed by atoms with van der Waals surface area (Å²) in [6.07, 6.45) is 6.53. The molecular formula is C19H19N5O2S. The molecule has 3 aromatic rings. The van der Waals surface area contributed by atoms with Crippen molar-refractivity contribution in [1.82, 2.24) is 24.8 Å². The van der Waals surface area contributed by atoms with Gasteiger partial charge in [-0.2, -0.15) is 0 Å². The van der Waals surface area contributed by atoms with Gasteiger partial charge in [0.15, 0.2) is 0 Å². The van der Waals surface area contributed by atoms with E-state index in [-0.39, 0.29) is 11.5 Å². The average Bonchev–Trinajstić information content (AvgIpc) is 3.10. The molecule has 138 valence electrons. The molecule has 4 heterocycles. The van der Waals surface area contributed by atoms with Crippen molar-refractivity contribution in [3.05, 3.63) is 63.5 Å². The maximum atomic E-state index is 12.6. The van der Waals surface area contributed by atoms with Crippen molar-refractivity contribution in [1.29, 1.82) is 0 Å². The number of rotatable bonds is 3. The summed E-state index contributed by atoms with van der Waals surface area (Å²) >= 11 is 1.68. The lowest BCUT2D eigenvalue weighted by atomic mass is 9.97. The van der Waals surface area contributed by atoms with Gasteiger partial charge in [0.05, 0.1) is 26.8 Å². The summed E-state index contributed by atoms with van der Waals surface area (Å²) in [6, 6.07) is 4.86. The zero-order chi connectivity index (χ0) is 18.8. The van der Waals surface area contributed by atoms with Crippen LogP contribution in [0.15, 0.2) is 41.7 Å². The number of nitrogens with zero attached hydrogens (tertiary/aromatic N) is 4. The second-order valence-electron chi connectivity index (χ2n) is 6.57. The summed E-state index contributed by atoms with van der Waals surface area (Å²) in [5, 5.41) is 1.11. The SMILES string of the molecule is Cc1nc(C2CCN(C(=O)c3ccc(=O)[nH]c3)CC2)sc1-c1ccncn1. The lowest BCUT2D eigenvalue weighted by Crippen LogP contribution is -2.38. The van der Waals surface area contributed by atoms with Gasteiger partial charge < -0.3 is 9.88 Å². The minimum Gasteiger partial charge on any atom is -0.339 e. The highest BCUT2D eigenvalue weighted by Gasteiger charge is 2.27. The number of aromatic amines is 1. The molecule has 0 atom stereocenters. The summed E-state index contributed by atoms with van der Waals surface area (Å²) in [5.74, 6) is 0.311. The molecule has 4 rings (SSSR count). The average molecular weight is 381 g/mol. The van der Waals surface area contributed by atoms with Crippen LogP contribution in [0, 0.1) is 6.92 Å². The first kappa shape index (κ1) is 17.5. The Morgan fingerprint density at radius 2 is 2.07 bits per heavy atom. The fourth-order valence-corrected chi connectivity index (χ4v) is 4.52. The summed E-state index contributed by atoms with van der Waals surface area (Å²) in [6.45, 7) is 3.38. The number of nitrogens with one attached hydrogen (secondary N) is 1. The molecule has 0 saturated carbocycles. The summed E-state index contributed by atoms with van der Waals surface area (Å²) < 4.78 is 0. The van der Waals surface area contributed by atoms with E-state index in [9.17, 15) is 9.59 Å². The van der Waals surface area contributed by atoms with E-state index in [0.717, 1.165) is 34.1 Å². The molecule has 8 heteroatoms. The highest BCUT2D eigenvalue weighted by Crippen LogP contribution is 2.36. The van der Waals surface area contributed by atoms with E-state index in [1.807, 2.05) is 17.9 Å². The largest absolute Gasteiger partial charge is 0.339 e. The van der Waals surface area contributed by atoms with E-state index in [4.69, 9.17) is 4.98 Å². The third-order valence-corrected chi connectivity index (χ3v) is 6.13. The summed E-state index contributed by atoms with van der Waals surface area (Å²) in [7, 11) is 0. The molecule has 7 nitrogen and oxygen atoms in total. The molecule has 0 radical (unpaired) electrons. The molecule has 0 aliphatic carbocycles. The van der Waals surface area contributed by atoms with Gasteiger partial charge in [0.2, 0.25) is 5.56 Å². The lowest BCUT2D eigenvalue weighted by molar-refractivity contribution is 0.0712. The van der Waals surface area contributed by atoms with Crippen LogP contribution in [0.25, 0.3) is 10.6 Å². The second-order valence-corrected chi connectivity index (χ2v) is 7.60. The van der Waals surface area contributed by atoms with Gasteiger partial charge in [0, 0.05) is 37.5 Å². The molecule has 27 heavy (non-hydrogen) atoms. The number of hydrogen-bond acceptors (Lipinski definition) is 6. The van der Waals surface area contributed by atoms with Gasteiger partial charge in [0.1, 0.15) is 6.33 Å². The van der Waals surface area contributed by atoms with Crippen LogP contribution >= 0.6 is 11.3 Å². The van der Waals surface area contributed by atoms with E-state index >= 15 is 0 Å². The van der Waals surface area contributed by atoms with Gasteiger partial charge in [-0.25, -0.2) is 15.0 Å². The van der Waals surface area contributed by atoms with Crippen LogP contribution in [-0.4, -0.2) is 43.8 Å². The number of aryl methyl sites for hydroxylation is 1. The molecule has 0 unspecified atom stereocenters. The topological polar surface area (TPSA) is 91.8 Å². The van der Waals surface area contributed by atoms with Gasteiger partial charge in [-0.15, -0.1) is 11.3 Å². The Labute approximate surface area is 160 Å². The van der Waals surface area contributed by atoms with E-state index in [1.54, 1.807) is 29.9 Å². The van der Waals surface area contributed by atoms with Crippen LogP contribution in [0.3, 0.4) is 0 Å². The monoisotopic (exact) mass is 381 g/mol. The summed E-state index contributed by atoms with van der Waals surface area (Å²) in [5.41, 5.74) is 2.20. The number of amides is 1. The van der Waals surface area contributed by atoms with Crippen molar-refractivity contribution in [2.24, 2.45) is 0 Å². The number of likely N-dealkylation sites (tertiary alicyclic amines) is 1. The van der Waals surface area contributed by atoms with Gasteiger partial charge in [-0.3, -0.25) is 9.59 Å². The van der Waals surface area contributed by atoms with E-state index in [2.05, 4.69) is 15.0 Å². The molecule has 1 aliphatic rings. The zero-order valence-electron chi connectivity index (χ0n) is 14.9. The number of carbonyl (C=O) groups excluding carboxylic acids is 1. The van der Waals surface area contributed by atoms with Gasteiger partial charge in [-0.05, 0) is 31.9 Å². The van der Waals surface area contributed by atoms with Crippen molar-refractivity contribution in [2.45, 2.75) is 25.7 Å². The Balaban J connectivity index is 1.44. The highest BCUT2D eigenvalue weighted by molar-refractivity contribution is 7.15.